The van der Waals surface area contributed by atoms with Gasteiger partial charge in [-0.2, -0.15) is 0 Å². The molecule has 1 atom stereocenters. The van der Waals surface area contributed by atoms with Gasteiger partial charge in [-0.1, -0.05) is 18.2 Å². The fourth-order valence-corrected chi connectivity index (χ4v) is 3.06. The Hall–Kier alpha value is -2.27. The van der Waals surface area contributed by atoms with E-state index in [2.05, 4.69) is 27.8 Å². The zero-order valence-corrected chi connectivity index (χ0v) is 12.8. The van der Waals surface area contributed by atoms with Gasteiger partial charge in [-0.25, -0.2) is 4.98 Å². The summed E-state index contributed by atoms with van der Waals surface area (Å²) in [5.74, 6) is 1.80. The van der Waals surface area contributed by atoms with Crippen molar-refractivity contribution in [3.63, 3.8) is 0 Å². The summed E-state index contributed by atoms with van der Waals surface area (Å²) in [7, 11) is 3.69. The number of hydrogen-bond acceptors (Lipinski definition) is 4. The van der Waals surface area contributed by atoms with Crippen LogP contribution in [-0.4, -0.2) is 16.7 Å². The lowest BCUT2D eigenvalue weighted by Crippen LogP contribution is -2.16. The van der Waals surface area contributed by atoms with Crippen molar-refractivity contribution in [1.82, 2.24) is 9.55 Å². The number of nitrogens with one attached hydrogen (secondary N) is 1. The number of methoxy groups -OCH3 is 1. The monoisotopic (exact) mass is 299 g/mol. The van der Waals surface area contributed by atoms with Gasteiger partial charge in [0.15, 0.2) is 0 Å². The highest BCUT2D eigenvalue weighted by Crippen LogP contribution is 2.32. The molecule has 0 amide bonds. The minimum Gasteiger partial charge on any atom is -0.495 e. The second kappa shape index (κ2) is 6.01. The van der Waals surface area contributed by atoms with Crippen molar-refractivity contribution in [3.8, 4) is 5.75 Å². The molecule has 1 N–H and O–H groups in total. The van der Waals surface area contributed by atoms with Crippen molar-refractivity contribution in [2.24, 2.45) is 7.05 Å². The van der Waals surface area contributed by atoms with Gasteiger partial charge in [0, 0.05) is 24.3 Å². The Morgan fingerprint density at radius 2 is 2.10 bits per heavy atom. The van der Waals surface area contributed by atoms with Crippen molar-refractivity contribution in [1.29, 1.82) is 0 Å². The normalized spacial score (nSPS) is 12.1. The third kappa shape index (κ3) is 2.78. The third-order valence-electron chi connectivity index (χ3n) is 3.35. The van der Waals surface area contributed by atoms with E-state index in [4.69, 9.17) is 4.74 Å². The van der Waals surface area contributed by atoms with Crippen molar-refractivity contribution in [3.05, 3.63) is 64.9 Å². The van der Waals surface area contributed by atoms with Crippen LogP contribution in [0, 0.1) is 0 Å². The molecule has 0 aliphatic rings. The van der Waals surface area contributed by atoms with Gasteiger partial charge < -0.3 is 14.6 Å². The van der Waals surface area contributed by atoms with E-state index in [9.17, 15) is 0 Å². The number of hydrogen-bond donors (Lipinski definition) is 1. The molecular formula is C16H17N3OS. The minimum absolute atomic E-state index is 0.00120. The average Bonchev–Trinajstić information content (AvgIpc) is 3.17. The Morgan fingerprint density at radius 3 is 2.76 bits per heavy atom. The van der Waals surface area contributed by atoms with Gasteiger partial charge in [-0.05, 0) is 23.6 Å². The molecule has 0 spiro atoms. The molecule has 0 aliphatic heterocycles. The number of para-hydroxylation sites is 2. The van der Waals surface area contributed by atoms with E-state index in [1.54, 1.807) is 18.4 Å². The van der Waals surface area contributed by atoms with Crippen molar-refractivity contribution in [2.45, 2.75) is 6.04 Å². The molecule has 2 heterocycles. The smallest absolute Gasteiger partial charge is 0.141 e. The van der Waals surface area contributed by atoms with E-state index in [0.29, 0.717) is 0 Å². The molecule has 0 saturated heterocycles. The molecule has 0 radical (unpaired) electrons. The van der Waals surface area contributed by atoms with Gasteiger partial charge in [0.2, 0.25) is 0 Å². The third-order valence-corrected chi connectivity index (χ3v) is 4.29. The summed E-state index contributed by atoms with van der Waals surface area (Å²) in [5.41, 5.74) is 0.960. The lowest BCUT2D eigenvalue weighted by atomic mass is 10.2. The number of imidazole rings is 1. The summed E-state index contributed by atoms with van der Waals surface area (Å²) >= 11 is 1.71. The van der Waals surface area contributed by atoms with Gasteiger partial charge in [0.25, 0.3) is 0 Å². The molecule has 1 aromatic carbocycles. The Bertz CT molecular complexity index is 706. The van der Waals surface area contributed by atoms with Crippen LogP contribution in [0.5, 0.6) is 5.75 Å². The molecule has 0 aliphatic carbocycles. The van der Waals surface area contributed by atoms with Gasteiger partial charge in [-0.15, -0.1) is 11.3 Å². The zero-order valence-electron chi connectivity index (χ0n) is 12.0. The predicted molar refractivity (Wildman–Crippen MR) is 86.0 cm³/mol. The highest BCUT2D eigenvalue weighted by molar-refractivity contribution is 7.10. The molecule has 108 valence electrons. The van der Waals surface area contributed by atoms with Crippen LogP contribution in [0.4, 0.5) is 5.69 Å². The molecule has 0 fully saturated rings. The number of benzene rings is 1. The van der Waals surface area contributed by atoms with Crippen LogP contribution in [-0.2, 0) is 7.05 Å². The number of thiophene rings is 1. The number of aromatic nitrogens is 2. The summed E-state index contributed by atoms with van der Waals surface area (Å²) in [6, 6.07) is 12.1. The van der Waals surface area contributed by atoms with Crippen molar-refractivity contribution >= 4 is 17.0 Å². The second-order valence-corrected chi connectivity index (χ2v) is 5.67. The molecule has 3 aromatic rings. The van der Waals surface area contributed by atoms with Crippen LogP contribution < -0.4 is 10.1 Å². The van der Waals surface area contributed by atoms with Crippen LogP contribution in [0.25, 0.3) is 0 Å². The van der Waals surface area contributed by atoms with Crippen LogP contribution in [0.3, 0.4) is 0 Å². The predicted octanol–water partition coefficient (Wildman–Crippen LogP) is 3.69. The quantitative estimate of drug-likeness (QED) is 0.781. The molecule has 5 heteroatoms. The van der Waals surface area contributed by atoms with E-state index in [1.165, 1.54) is 4.88 Å². The van der Waals surface area contributed by atoms with Crippen molar-refractivity contribution < 1.29 is 4.74 Å². The highest BCUT2D eigenvalue weighted by Gasteiger charge is 2.20. The summed E-state index contributed by atoms with van der Waals surface area (Å²) in [6.07, 6.45) is 3.78. The standard InChI is InChI=1S/C16H17N3OS/c1-19-10-9-17-16(19)15(14-8-5-11-21-14)18-12-6-3-4-7-13(12)20-2/h3-11,15,18H,1-2H3. The van der Waals surface area contributed by atoms with E-state index < -0.39 is 0 Å². The first-order valence-corrected chi connectivity index (χ1v) is 7.57. The second-order valence-electron chi connectivity index (χ2n) is 4.69. The molecule has 1 unspecified atom stereocenters. The molecule has 4 nitrogen and oxygen atoms in total. The molecule has 0 saturated carbocycles. The first kappa shape index (κ1) is 13.7. The topological polar surface area (TPSA) is 39.1 Å². The number of nitrogens with zero attached hydrogens (tertiary/aromatic N) is 2. The number of anilines is 1. The van der Waals surface area contributed by atoms with E-state index in [-0.39, 0.29) is 6.04 Å². The Kier molecular flexibility index (Phi) is 3.92. The summed E-state index contributed by atoms with van der Waals surface area (Å²) in [6.45, 7) is 0. The minimum atomic E-state index is 0.00120. The zero-order chi connectivity index (χ0) is 14.7. The maximum absolute atomic E-state index is 5.42. The van der Waals surface area contributed by atoms with Crippen LogP contribution >= 0.6 is 11.3 Å². The van der Waals surface area contributed by atoms with E-state index >= 15 is 0 Å². The Morgan fingerprint density at radius 1 is 1.24 bits per heavy atom. The van der Waals surface area contributed by atoms with Gasteiger partial charge >= 0.3 is 0 Å². The van der Waals surface area contributed by atoms with Crippen LogP contribution in [0.1, 0.15) is 16.7 Å². The molecule has 2 aromatic heterocycles. The maximum atomic E-state index is 5.42. The van der Waals surface area contributed by atoms with Crippen molar-refractivity contribution in [2.75, 3.05) is 12.4 Å². The average molecular weight is 299 g/mol. The SMILES string of the molecule is COc1ccccc1NC(c1cccs1)c1nccn1C. The number of aryl methyl sites for hydroxylation is 1. The summed E-state index contributed by atoms with van der Waals surface area (Å²) in [4.78, 5) is 5.71. The van der Waals surface area contributed by atoms with Gasteiger partial charge in [0.1, 0.15) is 17.6 Å². The molecule has 0 bridgehead atoms. The Balaban J connectivity index is 1.99. The maximum Gasteiger partial charge on any atom is 0.141 e. The molecule has 3 rings (SSSR count). The largest absolute Gasteiger partial charge is 0.495 e. The van der Waals surface area contributed by atoms with Crippen LogP contribution in [0.2, 0.25) is 0 Å². The summed E-state index contributed by atoms with van der Waals surface area (Å²) in [5, 5.41) is 5.62. The van der Waals surface area contributed by atoms with Crippen LogP contribution in [0.15, 0.2) is 54.2 Å². The van der Waals surface area contributed by atoms with Gasteiger partial charge in [0.05, 0.1) is 12.8 Å². The Labute approximate surface area is 128 Å². The number of rotatable bonds is 5. The van der Waals surface area contributed by atoms with E-state index in [1.807, 2.05) is 48.3 Å². The van der Waals surface area contributed by atoms with Gasteiger partial charge in [-0.3, -0.25) is 0 Å². The summed E-state index contributed by atoms with van der Waals surface area (Å²) < 4.78 is 7.46. The first-order chi connectivity index (χ1) is 10.3. The number of ether oxygens (including phenoxy) is 1. The van der Waals surface area contributed by atoms with E-state index in [0.717, 1.165) is 17.3 Å². The highest BCUT2D eigenvalue weighted by atomic mass is 32.1. The molecular weight excluding hydrogens is 282 g/mol. The lowest BCUT2D eigenvalue weighted by Gasteiger charge is -2.20. The fraction of sp³-hybridized carbons (Fsp3) is 0.188. The fourth-order valence-electron chi connectivity index (χ4n) is 2.29. The first-order valence-electron chi connectivity index (χ1n) is 6.70. The lowest BCUT2D eigenvalue weighted by molar-refractivity contribution is 0.416. The molecule has 21 heavy (non-hydrogen) atoms.